The topological polar surface area (TPSA) is 104 Å². The second-order valence-electron chi connectivity index (χ2n) is 5.48. The van der Waals surface area contributed by atoms with E-state index in [-0.39, 0.29) is 11.6 Å². The Morgan fingerprint density at radius 1 is 1.22 bits per heavy atom. The first kappa shape index (κ1) is 17.0. The summed E-state index contributed by atoms with van der Waals surface area (Å²) in [5, 5.41) is 17.0. The van der Waals surface area contributed by atoms with E-state index in [1.54, 1.807) is 11.7 Å². The molecule has 1 aromatic carbocycles. The average molecular weight is 386 g/mol. The Labute approximate surface area is 157 Å². The highest BCUT2D eigenvalue weighted by Crippen LogP contribution is 2.34. The van der Waals surface area contributed by atoms with Crippen molar-refractivity contribution in [1.29, 1.82) is 0 Å². The molecule has 1 aliphatic heterocycles. The molecular weight excluding hydrogens is 372 g/mol. The molecule has 0 aliphatic carbocycles. The lowest BCUT2D eigenvalue weighted by Gasteiger charge is -2.18. The van der Waals surface area contributed by atoms with E-state index in [9.17, 15) is 10.1 Å². The maximum Gasteiger partial charge on any atom is 0.433 e. The van der Waals surface area contributed by atoms with Gasteiger partial charge in [0.2, 0.25) is 4.80 Å². The van der Waals surface area contributed by atoms with E-state index in [0.29, 0.717) is 29.5 Å². The lowest BCUT2D eigenvalue weighted by atomic mass is 10.1. The number of furan rings is 1. The molecule has 0 fully saturated rings. The molecule has 0 unspecified atom stereocenters. The van der Waals surface area contributed by atoms with Crippen molar-refractivity contribution < 1.29 is 18.8 Å². The van der Waals surface area contributed by atoms with Crippen LogP contribution in [0, 0.1) is 10.1 Å². The minimum Gasteiger partial charge on any atom is -0.486 e. The third-order valence-electron chi connectivity index (χ3n) is 3.81. The lowest BCUT2D eigenvalue weighted by Crippen LogP contribution is -2.15. The summed E-state index contributed by atoms with van der Waals surface area (Å²) in [5.41, 5.74) is 1.68. The molecule has 0 amide bonds. The van der Waals surface area contributed by atoms with Crippen molar-refractivity contribution >= 4 is 23.4 Å². The normalized spacial score (nSPS) is 14.0. The van der Waals surface area contributed by atoms with Gasteiger partial charge in [-0.2, -0.15) is 5.10 Å². The summed E-state index contributed by atoms with van der Waals surface area (Å²) >= 11 is 1.43. The number of hydrogen-bond donors (Lipinski definition) is 0. The zero-order chi connectivity index (χ0) is 18.8. The van der Waals surface area contributed by atoms with Gasteiger partial charge in [0.25, 0.3) is 0 Å². The molecular formula is C17H14N4O5S. The molecule has 3 aromatic rings. The van der Waals surface area contributed by atoms with Gasteiger partial charge in [-0.25, -0.2) is 4.68 Å². The zero-order valence-corrected chi connectivity index (χ0v) is 15.0. The Morgan fingerprint density at radius 3 is 2.78 bits per heavy atom. The minimum absolute atomic E-state index is 0.274. The van der Waals surface area contributed by atoms with Crippen molar-refractivity contribution in [1.82, 2.24) is 4.68 Å². The van der Waals surface area contributed by atoms with Crippen molar-refractivity contribution in [2.75, 3.05) is 20.3 Å². The van der Waals surface area contributed by atoms with Gasteiger partial charge in [-0.05, 0) is 24.3 Å². The molecule has 0 saturated carbocycles. The van der Waals surface area contributed by atoms with Crippen LogP contribution >= 0.6 is 11.3 Å². The molecule has 27 heavy (non-hydrogen) atoms. The molecule has 0 saturated heterocycles. The lowest BCUT2D eigenvalue weighted by molar-refractivity contribution is -0.402. The highest BCUT2D eigenvalue weighted by molar-refractivity contribution is 7.07. The highest BCUT2D eigenvalue weighted by atomic mass is 32.1. The fourth-order valence-electron chi connectivity index (χ4n) is 2.59. The largest absolute Gasteiger partial charge is 0.486 e. The summed E-state index contributed by atoms with van der Waals surface area (Å²) in [6.45, 7) is 1.04. The van der Waals surface area contributed by atoms with Crippen LogP contribution in [0.2, 0.25) is 0 Å². The Kier molecular flexibility index (Phi) is 4.47. The maximum absolute atomic E-state index is 10.7. The molecule has 0 radical (unpaired) electrons. The quantitative estimate of drug-likeness (QED) is 0.389. The van der Waals surface area contributed by atoms with Crippen LogP contribution in [0.5, 0.6) is 11.5 Å². The molecule has 0 N–H and O–H groups in total. The first-order chi connectivity index (χ1) is 13.2. The average Bonchev–Trinajstić information content (AvgIpc) is 3.32. The van der Waals surface area contributed by atoms with Crippen LogP contribution in [0.3, 0.4) is 0 Å². The van der Waals surface area contributed by atoms with Crippen LogP contribution in [0.1, 0.15) is 5.76 Å². The molecule has 0 spiro atoms. The van der Waals surface area contributed by atoms with E-state index in [2.05, 4.69) is 10.1 Å². The van der Waals surface area contributed by atoms with Crippen LogP contribution in [-0.4, -0.2) is 36.1 Å². The van der Waals surface area contributed by atoms with Gasteiger partial charge in [-0.15, -0.1) is 11.3 Å². The Hall–Kier alpha value is -3.40. The fourth-order valence-corrected chi connectivity index (χ4v) is 3.39. The highest BCUT2D eigenvalue weighted by Gasteiger charge is 2.15. The summed E-state index contributed by atoms with van der Waals surface area (Å²) < 4.78 is 17.9. The standard InChI is InChI=1S/C17H14N4O5S/c1-18-17-20(19-9-12-3-5-16(26-12)21(22)23)13(10-27-17)11-2-4-14-15(8-11)25-7-6-24-14/h2-5,8-10H,6-7H2,1H3/b18-17?,19-9+. The number of fused-ring (bicyclic) bond motifs is 1. The van der Waals surface area contributed by atoms with Crippen LogP contribution in [-0.2, 0) is 0 Å². The summed E-state index contributed by atoms with van der Waals surface area (Å²) in [7, 11) is 1.67. The third-order valence-corrected chi connectivity index (χ3v) is 4.71. The third kappa shape index (κ3) is 3.34. The van der Waals surface area contributed by atoms with Gasteiger partial charge < -0.3 is 13.9 Å². The molecule has 3 heterocycles. The first-order valence-corrected chi connectivity index (χ1v) is 8.85. The van der Waals surface area contributed by atoms with Gasteiger partial charge in [0, 0.05) is 18.0 Å². The molecule has 4 rings (SSSR count). The van der Waals surface area contributed by atoms with E-state index in [1.165, 1.54) is 29.7 Å². The maximum atomic E-state index is 10.7. The van der Waals surface area contributed by atoms with Gasteiger partial charge in [0.15, 0.2) is 17.3 Å². The number of ether oxygens (including phenoxy) is 2. The van der Waals surface area contributed by atoms with E-state index in [1.807, 2.05) is 23.6 Å². The number of aromatic nitrogens is 1. The van der Waals surface area contributed by atoms with Gasteiger partial charge in [-0.1, -0.05) is 0 Å². The van der Waals surface area contributed by atoms with Crippen LogP contribution in [0.4, 0.5) is 5.88 Å². The van der Waals surface area contributed by atoms with Gasteiger partial charge in [-0.3, -0.25) is 15.1 Å². The molecule has 2 aromatic heterocycles. The molecule has 1 aliphatic rings. The summed E-state index contributed by atoms with van der Waals surface area (Å²) in [4.78, 5) is 15.0. The second kappa shape index (κ2) is 7.08. The Balaban J connectivity index is 1.72. The van der Waals surface area contributed by atoms with Crippen molar-refractivity contribution in [2.45, 2.75) is 0 Å². The molecule has 0 atom stereocenters. The van der Waals surface area contributed by atoms with E-state index in [4.69, 9.17) is 13.9 Å². The van der Waals surface area contributed by atoms with Crippen LogP contribution in [0.25, 0.3) is 11.3 Å². The first-order valence-electron chi connectivity index (χ1n) is 7.97. The number of nitrogens with zero attached hydrogens (tertiary/aromatic N) is 4. The molecule has 10 heteroatoms. The van der Waals surface area contributed by atoms with Crippen LogP contribution in [0.15, 0.2) is 50.2 Å². The summed E-state index contributed by atoms with van der Waals surface area (Å²) in [5.74, 6) is 1.32. The molecule has 9 nitrogen and oxygen atoms in total. The zero-order valence-electron chi connectivity index (χ0n) is 14.2. The predicted octanol–water partition coefficient (Wildman–Crippen LogP) is 2.90. The van der Waals surface area contributed by atoms with Gasteiger partial charge in [0.05, 0.1) is 18.0 Å². The van der Waals surface area contributed by atoms with Gasteiger partial charge >= 0.3 is 5.88 Å². The Bertz CT molecular complexity index is 1090. The second-order valence-corrected chi connectivity index (χ2v) is 6.31. The number of thiazole rings is 1. The number of benzene rings is 1. The molecule has 0 bridgehead atoms. The summed E-state index contributed by atoms with van der Waals surface area (Å²) in [6, 6.07) is 8.43. The summed E-state index contributed by atoms with van der Waals surface area (Å²) in [6.07, 6.45) is 1.41. The van der Waals surface area contributed by atoms with E-state index in [0.717, 1.165) is 11.3 Å². The number of rotatable bonds is 4. The molecule has 138 valence electrons. The monoisotopic (exact) mass is 386 g/mol. The SMILES string of the molecule is CN=c1scc(-c2ccc3c(c2)OCCO3)n1/N=C/c1ccc([N+](=O)[O-])o1. The van der Waals surface area contributed by atoms with Crippen molar-refractivity contribution in [2.24, 2.45) is 10.1 Å². The fraction of sp³-hybridized carbons (Fsp3) is 0.176. The van der Waals surface area contributed by atoms with E-state index < -0.39 is 4.92 Å². The smallest absolute Gasteiger partial charge is 0.433 e. The Morgan fingerprint density at radius 2 is 2.04 bits per heavy atom. The van der Waals surface area contributed by atoms with Crippen molar-refractivity contribution in [3.63, 3.8) is 0 Å². The van der Waals surface area contributed by atoms with Crippen LogP contribution < -0.4 is 14.3 Å². The van der Waals surface area contributed by atoms with Crippen molar-refractivity contribution in [3.8, 4) is 22.8 Å². The number of nitro groups is 1. The minimum atomic E-state index is -0.595. The number of hydrogen-bond acceptors (Lipinski definition) is 8. The predicted molar refractivity (Wildman–Crippen MR) is 98.6 cm³/mol. The van der Waals surface area contributed by atoms with Gasteiger partial charge in [0.1, 0.15) is 18.1 Å². The van der Waals surface area contributed by atoms with Crippen molar-refractivity contribution in [3.05, 3.63) is 56.4 Å². The van der Waals surface area contributed by atoms with E-state index >= 15 is 0 Å².